The van der Waals surface area contributed by atoms with Crippen LogP contribution in [-0.4, -0.2) is 116 Å². The van der Waals surface area contributed by atoms with Gasteiger partial charge in [-0.2, -0.15) is 0 Å². The fourth-order valence-electron chi connectivity index (χ4n) is 2.90. The third kappa shape index (κ3) is 4.56. The van der Waals surface area contributed by atoms with E-state index in [-0.39, 0.29) is 0 Å². The van der Waals surface area contributed by atoms with E-state index in [1.807, 2.05) is 0 Å². The molecule has 0 aliphatic carbocycles. The molecule has 0 aromatic rings. The molecule has 0 aromatic carbocycles. The first-order valence-electron chi connectivity index (χ1n) is 8.34. The normalized spacial score (nSPS) is 48.3. The van der Waals surface area contributed by atoms with E-state index in [4.69, 9.17) is 18.9 Å². The van der Waals surface area contributed by atoms with Crippen LogP contribution in [-0.2, 0) is 23.7 Å². The molecule has 12 heteroatoms. The van der Waals surface area contributed by atoms with Gasteiger partial charge in [0, 0.05) is 6.92 Å². The highest BCUT2D eigenvalue weighted by atomic mass is 16.8. The molecule has 2 saturated heterocycles. The van der Waals surface area contributed by atoms with Gasteiger partial charge in [-0.25, -0.2) is 0 Å². The first kappa shape index (κ1) is 22.4. The Labute approximate surface area is 154 Å². The van der Waals surface area contributed by atoms with Gasteiger partial charge < -0.3 is 54.7 Å². The Morgan fingerprint density at radius 1 is 0.963 bits per heavy atom. The standard InChI is InChI=1S/C15H26O12/c1-5(17)24-4-7-11(21)15(2,23)12(22)14(26-7)27-13-10(20)9(19)8(18)6(3-16)25-13/h6-14,16,18-23H,3-4H2,1-2H3/t6?,7?,8-,9?,10-,11-,12-,13-,14-,15?/m1/s1. The molecule has 2 heterocycles. The quantitative estimate of drug-likeness (QED) is 0.220. The van der Waals surface area contributed by atoms with Crippen LogP contribution in [0.25, 0.3) is 0 Å². The van der Waals surface area contributed by atoms with Gasteiger partial charge in [0.1, 0.15) is 54.9 Å². The van der Waals surface area contributed by atoms with Gasteiger partial charge in [-0.15, -0.1) is 0 Å². The fourth-order valence-corrected chi connectivity index (χ4v) is 2.90. The summed E-state index contributed by atoms with van der Waals surface area (Å²) in [7, 11) is 0. The molecule has 0 radical (unpaired) electrons. The van der Waals surface area contributed by atoms with Crippen molar-refractivity contribution in [2.24, 2.45) is 0 Å². The zero-order valence-electron chi connectivity index (χ0n) is 14.8. The van der Waals surface area contributed by atoms with Crippen molar-refractivity contribution in [2.45, 2.75) is 74.8 Å². The van der Waals surface area contributed by atoms with Crippen molar-refractivity contribution in [3.8, 4) is 0 Å². The van der Waals surface area contributed by atoms with Gasteiger partial charge in [0.05, 0.1) is 6.61 Å². The minimum atomic E-state index is -2.14. The number of hydrogen-bond acceptors (Lipinski definition) is 12. The summed E-state index contributed by atoms with van der Waals surface area (Å²) in [5.41, 5.74) is -2.14. The maximum Gasteiger partial charge on any atom is 0.302 e. The molecule has 0 spiro atoms. The third-order valence-corrected chi connectivity index (χ3v) is 4.68. The molecular formula is C15H26O12. The summed E-state index contributed by atoms with van der Waals surface area (Å²) in [5.74, 6) is -0.664. The number of carbonyl (C=O) groups is 1. The zero-order chi connectivity index (χ0) is 20.5. The molecule has 7 N–H and O–H groups in total. The second-order valence-electron chi connectivity index (χ2n) is 6.79. The number of esters is 1. The predicted molar refractivity (Wildman–Crippen MR) is 82.8 cm³/mol. The molecule has 10 atom stereocenters. The van der Waals surface area contributed by atoms with Crippen LogP contribution in [0.1, 0.15) is 13.8 Å². The van der Waals surface area contributed by atoms with Crippen molar-refractivity contribution in [3.05, 3.63) is 0 Å². The topological polar surface area (TPSA) is 196 Å². The highest BCUT2D eigenvalue weighted by Crippen LogP contribution is 2.33. The average molecular weight is 398 g/mol. The Bertz CT molecular complexity index is 511. The van der Waals surface area contributed by atoms with Gasteiger partial charge in [0.2, 0.25) is 0 Å². The van der Waals surface area contributed by atoms with Gasteiger partial charge in [0.25, 0.3) is 0 Å². The van der Waals surface area contributed by atoms with Crippen molar-refractivity contribution in [3.63, 3.8) is 0 Å². The van der Waals surface area contributed by atoms with Crippen molar-refractivity contribution in [1.29, 1.82) is 0 Å². The van der Waals surface area contributed by atoms with E-state index in [0.717, 1.165) is 13.8 Å². The Morgan fingerprint density at radius 3 is 2.11 bits per heavy atom. The largest absolute Gasteiger partial charge is 0.463 e. The summed E-state index contributed by atoms with van der Waals surface area (Å²) >= 11 is 0. The summed E-state index contributed by atoms with van der Waals surface area (Å²) < 4.78 is 20.5. The highest BCUT2D eigenvalue weighted by molar-refractivity contribution is 5.65. The maximum atomic E-state index is 11.0. The molecule has 0 aromatic heterocycles. The summed E-state index contributed by atoms with van der Waals surface area (Å²) in [6.45, 7) is 1.09. The summed E-state index contributed by atoms with van der Waals surface area (Å²) in [6, 6.07) is 0. The number of aliphatic hydroxyl groups excluding tert-OH is 6. The van der Waals surface area contributed by atoms with Gasteiger partial charge in [-0.1, -0.05) is 0 Å². The minimum absolute atomic E-state index is 0.450. The molecule has 2 aliphatic rings. The molecule has 4 unspecified atom stereocenters. The number of aliphatic hydroxyl groups is 7. The summed E-state index contributed by atoms with van der Waals surface area (Å²) in [5, 5.41) is 69.5. The van der Waals surface area contributed by atoms with Crippen LogP contribution in [0.15, 0.2) is 0 Å². The van der Waals surface area contributed by atoms with E-state index in [1.165, 1.54) is 0 Å². The van der Waals surface area contributed by atoms with E-state index in [9.17, 15) is 40.5 Å². The second kappa shape index (κ2) is 8.61. The minimum Gasteiger partial charge on any atom is -0.463 e. The van der Waals surface area contributed by atoms with E-state index < -0.39 is 80.1 Å². The SMILES string of the molecule is CC(=O)OCC1O[C@H](O[C@H]2OC(CO)[C@@H](O)C(O)[C@H]2O)[C@@H](O)C(C)(O)[C@@H]1O. The lowest BCUT2D eigenvalue weighted by Gasteiger charge is -2.48. The van der Waals surface area contributed by atoms with Crippen molar-refractivity contribution >= 4 is 5.97 Å². The molecular weight excluding hydrogens is 372 g/mol. The average Bonchev–Trinajstić information content (AvgIpc) is 2.61. The zero-order valence-corrected chi connectivity index (χ0v) is 14.8. The lowest BCUT2D eigenvalue weighted by molar-refractivity contribution is -0.387. The molecule has 158 valence electrons. The molecule has 2 fully saturated rings. The fraction of sp³-hybridized carbons (Fsp3) is 0.933. The number of ether oxygens (including phenoxy) is 4. The van der Waals surface area contributed by atoms with Crippen LogP contribution in [0.2, 0.25) is 0 Å². The molecule has 27 heavy (non-hydrogen) atoms. The van der Waals surface area contributed by atoms with Crippen LogP contribution in [0.3, 0.4) is 0 Å². The van der Waals surface area contributed by atoms with Gasteiger partial charge >= 0.3 is 5.97 Å². The van der Waals surface area contributed by atoms with Crippen LogP contribution in [0.4, 0.5) is 0 Å². The molecule has 0 saturated carbocycles. The van der Waals surface area contributed by atoms with Crippen molar-refractivity contribution in [2.75, 3.05) is 13.2 Å². The van der Waals surface area contributed by atoms with Gasteiger partial charge in [0.15, 0.2) is 12.6 Å². The molecule has 0 amide bonds. The smallest absolute Gasteiger partial charge is 0.302 e. The third-order valence-electron chi connectivity index (χ3n) is 4.68. The Kier molecular flexibility index (Phi) is 7.13. The van der Waals surface area contributed by atoms with Crippen LogP contribution >= 0.6 is 0 Å². The van der Waals surface area contributed by atoms with E-state index in [2.05, 4.69) is 0 Å². The van der Waals surface area contributed by atoms with E-state index in [1.54, 1.807) is 0 Å². The van der Waals surface area contributed by atoms with Crippen LogP contribution in [0.5, 0.6) is 0 Å². The Morgan fingerprint density at radius 2 is 1.56 bits per heavy atom. The highest BCUT2D eigenvalue weighted by Gasteiger charge is 2.55. The van der Waals surface area contributed by atoms with E-state index in [0.29, 0.717) is 0 Å². The van der Waals surface area contributed by atoms with Gasteiger partial charge in [-0.3, -0.25) is 4.79 Å². The number of hydrogen-bond donors (Lipinski definition) is 7. The molecule has 12 nitrogen and oxygen atoms in total. The first-order valence-corrected chi connectivity index (χ1v) is 8.34. The monoisotopic (exact) mass is 398 g/mol. The lowest BCUT2D eigenvalue weighted by Crippen LogP contribution is -2.68. The second-order valence-corrected chi connectivity index (χ2v) is 6.79. The van der Waals surface area contributed by atoms with E-state index >= 15 is 0 Å². The molecule has 2 aliphatic heterocycles. The molecule has 0 bridgehead atoms. The number of carbonyl (C=O) groups excluding carboxylic acids is 1. The Balaban J connectivity index is 2.14. The van der Waals surface area contributed by atoms with Crippen molar-refractivity contribution < 1.29 is 59.5 Å². The van der Waals surface area contributed by atoms with Gasteiger partial charge in [-0.05, 0) is 6.92 Å². The summed E-state index contributed by atoms with van der Waals surface area (Å²) in [4.78, 5) is 11.0. The van der Waals surface area contributed by atoms with Crippen LogP contribution in [0, 0.1) is 0 Å². The maximum absolute atomic E-state index is 11.0. The predicted octanol–water partition coefficient (Wildman–Crippen LogP) is -4.44. The number of rotatable bonds is 5. The first-order chi connectivity index (χ1) is 12.5. The Hall–Kier alpha value is -0.930. The lowest BCUT2D eigenvalue weighted by atomic mass is 9.86. The summed E-state index contributed by atoms with van der Waals surface area (Å²) in [6.07, 6.45) is -14.4. The van der Waals surface area contributed by atoms with Crippen molar-refractivity contribution in [1.82, 2.24) is 0 Å². The molecule has 2 rings (SSSR count). The van der Waals surface area contributed by atoms with Crippen LogP contribution < -0.4 is 0 Å².